The van der Waals surface area contributed by atoms with E-state index in [-0.39, 0.29) is 5.54 Å². The van der Waals surface area contributed by atoms with Gasteiger partial charge in [-0.2, -0.15) is 0 Å². The summed E-state index contributed by atoms with van der Waals surface area (Å²) in [6, 6.07) is 0.361. The normalized spacial score (nSPS) is 15.0. The largest absolute Gasteiger partial charge is 0.377 e. The van der Waals surface area contributed by atoms with Gasteiger partial charge in [-0.15, -0.1) is 0 Å². The highest BCUT2D eigenvalue weighted by molar-refractivity contribution is 4.91. The molecule has 0 aromatic rings. The molecule has 0 radical (unpaired) electrons. The van der Waals surface area contributed by atoms with Crippen molar-refractivity contribution in [2.45, 2.75) is 52.3 Å². The average molecular weight is 216 g/mol. The highest BCUT2D eigenvalue weighted by atomic mass is 16.5. The van der Waals surface area contributed by atoms with Gasteiger partial charge in [0.05, 0.1) is 12.7 Å². The van der Waals surface area contributed by atoms with Gasteiger partial charge in [0.2, 0.25) is 0 Å². The van der Waals surface area contributed by atoms with Gasteiger partial charge in [0.15, 0.2) is 0 Å². The average Bonchev–Trinajstić information content (AvgIpc) is 2.11. The number of ether oxygens (including phenoxy) is 1. The van der Waals surface area contributed by atoms with Crippen LogP contribution in [0.2, 0.25) is 0 Å². The Kier molecular flexibility index (Phi) is 6.41. The third kappa shape index (κ3) is 4.96. The van der Waals surface area contributed by atoms with Gasteiger partial charge >= 0.3 is 0 Å². The summed E-state index contributed by atoms with van der Waals surface area (Å²) in [5, 5.41) is 3.49. The zero-order valence-corrected chi connectivity index (χ0v) is 11.4. The molecule has 0 bridgehead atoms. The molecule has 0 fully saturated rings. The lowest BCUT2D eigenvalue weighted by atomic mass is 9.93. The van der Waals surface area contributed by atoms with Crippen LogP contribution >= 0.6 is 0 Å². The van der Waals surface area contributed by atoms with E-state index in [4.69, 9.17) is 4.74 Å². The predicted molar refractivity (Wildman–Crippen MR) is 66.3 cm³/mol. The molecule has 92 valence electrons. The second-order valence-corrected chi connectivity index (χ2v) is 5.04. The van der Waals surface area contributed by atoms with E-state index >= 15 is 0 Å². The maximum atomic E-state index is 5.70. The molecule has 0 aliphatic carbocycles. The van der Waals surface area contributed by atoms with Crippen LogP contribution < -0.4 is 5.32 Å². The fraction of sp³-hybridized carbons (Fsp3) is 1.00. The molecule has 15 heavy (non-hydrogen) atoms. The van der Waals surface area contributed by atoms with Crippen LogP contribution in [0.25, 0.3) is 0 Å². The van der Waals surface area contributed by atoms with Crippen LogP contribution in [0.1, 0.15) is 34.6 Å². The smallest absolute Gasteiger partial charge is 0.0641 e. The van der Waals surface area contributed by atoms with Crippen LogP contribution in [0.3, 0.4) is 0 Å². The summed E-state index contributed by atoms with van der Waals surface area (Å²) >= 11 is 0. The Hall–Kier alpha value is -0.120. The highest BCUT2D eigenvalue weighted by Gasteiger charge is 2.31. The van der Waals surface area contributed by atoms with Gasteiger partial charge in [-0.3, -0.25) is 0 Å². The van der Waals surface area contributed by atoms with E-state index in [0.717, 1.165) is 13.2 Å². The van der Waals surface area contributed by atoms with Crippen molar-refractivity contribution >= 4 is 0 Å². The van der Waals surface area contributed by atoms with E-state index in [1.807, 2.05) is 0 Å². The minimum atomic E-state index is 0.102. The van der Waals surface area contributed by atoms with Crippen molar-refractivity contribution in [2.24, 2.45) is 0 Å². The highest BCUT2D eigenvalue weighted by Crippen LogP contribution is 2.16. The monoisotopic (exact) mass is 216 g/mol. The quantitative estimate of drug-likeness (QED) is 0.701. The SMILES string of the molecule is CCNC(COC(C)C)C(C)(C)N(C)C. The first-order valence-corrected chi connectivity index (χ1v) is 5.84. The van der Waals surface area contributed by atoms with Crippen LogP contribution in [0.4, 0.5) is 0 Å². The Bertz CT molecular complexity index is 167. The number of nitrogens with zero attached hydrogens (tertiary/aromatic N) is 1. The lowest BCUT2D eigenvalue weighted by molar-refractivity contribution is 0.0196. The molecule has 3 heteroatoms. The predicted octanol–water partition coefficient (Wildman–Crippen LogP) is 1.73. The first-order valence-electron chi connectivity index (χ1n) is 5.84. The molecule has 0 saturated carbocycles. The van der Waals surface area contributed by atoms with Crippen molar-refractivity contribution in [2.75, 3.05) is 27.2 Å². The molecule has 0 aromatic carbocycles. The lowest BCUT2D eigenvalue weighted by Gasteiger charge is -2.40. The molecule has 0 aromatic heterocycles. The molecule has 0 spiro atoms. The molecule has 0 saturated heterocycles. The molecular weight excluding hydrogens is 188 g/mol. The summed E-state index contributed by atoms with van der Waals surface area (Å²) in [4.78, 5) is 2.24. The van der Waals surface area contributed by atoms with Crippen LogP contribution in [-0.2, 0) is 4.74 Å². The number of hydrogen-bond acceptors (Lipinski definition) is 3. The molecule has 3 nitrogen and oxygen atoms in total. The molecular formula is C12H28N2O. The topological polar surface area (TPSA) is 24.5 Å². The summed E-state index contributed by atoms with van der Waals surface area (Å²) in [7, 11) is 4.22. The molecule has 0 aliphatic rings. The second kappa shape index (κ2) is 6.46. The first-order chi connectivity index (χ1) is 6.82. The number of likely N-dealkylation sites (N-methyl/N-ethyl adjacent to an activating group) is 2. The number of rotatable bonds is 7. The molecule has 1 atom stereocenters. The van der Waals surface area contributed by atoms with E-state index in [1.54, 1.807) is 0 Å². The van der Waals surface area contributed by atoms with Gasteiger partial charge in [-0.05, 0) is 48.3 Å². The fourth-order valence-electron chi connectivity index (χ4n) is 1.36. The number of hydrogen-bond donors (Lipinski definition) is 1. The minimum absolute atomic E-state index is 0.102. The van der Waals surface area contributed by atoms with Crippen molar-refractivity contribution in [3.8, 4) is 0 Å². The molecule has 0 rings (SSSR count). The van der Waals surface area contributed by atoms with Crippen LogP contribution in [0.5, 0.6) is 0 Å². The Labute approximate surface area is 95.2 Å². The van der Waals surface area contributed by atoms with E-state index in [1.165, 1.54) is 0 Å². The van der Waals surface area contributed by atoms with Gasteiger partial charge in [0, 0.05) is 11.6 Å². The lowest BCUT2D eigenvalue weighted by Crippen LogP contribution is -2.57. The summed E-state index contributed by atoms with van der Waals surface area (Å²) in [6.07, 6.45) is 0.295. The Morgan fingerprint density at radius 1 is 1.27 bits per heavy atom. The van der Waals surface area contributed by atoms with Crippen LogP contribution in [-0.4, -0.2) is 49.8 Å². The third-order valence-electron chi connectivity index (χ3n) is 3.05. The fourth-order valence-corrected chi connectivity index (χ4v) is 1.36. The third-order valence-corrected chi connectivity index (χ3v) is 3.05. The van der Waals surface area contributed by atoms with Crippen molar-refractivity contribution in [3.05, 3.63) is 0 Å². The van der Waals surface area contributed by atoms with Gasteiger partial charge in [-0.1, -0.05) is 6.92 Å². The van der Waals surface area contributed by atoms with E-state index in [0.29, 0.717) is 12.1 Å². The molecule has 1 unspecified atom stereocenters. The van der Waals surface area contributed by atoms with Gasteiger partial charge < -0.3 is 15.0 Å². The summed E-state index contributed by atoms with van der Waals surface area (Å²) in [5.74, 6) is 0. The van der Waals surface area contributed by atoms with Crippen molar-refractivity contribution in [1.82, 2.24) is 10.2 Å². The van der Waals surface area contributed by atoms with Crippen LogP contribution in [0, 0.1) is 0 Å². The van der Waals surface area contributed by atoms with E-state index in [2.05, 4.69) is 58.9 Å². The zero-order valence-electron chi connectivity index (χ0n) is 11.4. The second-order valence-electron chi connectivity index (χ2n) is 5.04. The number of nitrogens with one attached hydrogen (secondary N) is 1. The summed E-state index contributed by atoms with van der Waals surface area (Å²) in [5.41, 5.74) is 0.102. The standard InChI is InChI=1S/C12H28N2O/c1-8-13-11(9-15-10(2)3)12(4,5)14(6)7/h10-11,13H,8-9H2,1-7H3. The maximum Gasteiger partial charge on any atom is 0.0641 e. The van der Waals surface area contributed by atoms with Gasteiger partial charge in [-0.25, -0.2) is 0 Å². The van der Waals surface area contributed by atoms with E-state index in [9.17, 15) is 0 Å². The van der Waals surface area contributed by atoms with Gasteiger partial charge in [0.1, 0.15) is 0 Å². The molecule has 1 N–H and O–H groups in total. The van der Waals surface area contributed by atoms with Crippen molar-refractivity contribution in [1.29, 1.82) is 0 Å². The Balaban J connectivity index is 4.36. The van der Waals surface area contributed by atoms with E-state index < -0.39 is 0 Å². The van der Waals surface area contributed by atoms with Gasteiger partial charge in [0.25, 0.3) is 0 Å². The van der Waals surface area contributed by atoms with Crippen molar-refractivity contribution < 1.29 is 4.74 Å². The molecule has 0 heterocycles. The molecule has 0 aliphatic heterocycles. The Morgan fingerprint density at radius 2 is 1.80 bits per heavy atom. The maximum absolute atomic E-state index is 5.70. The summed E-state index contributed by atoms with van der Waals surface area (Å²) < 4.78 is 5.70. The zero-order chi connectivity index (χ0) is 12.1. The first kappa shape index (κ1) is 14.9. The van der Waals surface area contributed by atoms with Crippen LogP contribution in [0.15, 0.2) is 0 Å². The molecule has 0 amide bonds. The Morgan fingerprint density at radius 3 is 2.13 bits per heavy atom. The van der Waals surface area contributed by atoms with Crippen molar-refractivity contribution in [3.63, 3.8) is 0 Å². The minimum Gasteiger partial charge on any atom is -0.377 e. The summed E-state index contributed by atoms with van der Waals surface area (Å²) in [6.45, 7) is 12.5.